The SMILES string of the molecule is CC(=O)O.CCC[CH2][Sn][CH2]CCC. The van der Waals surface area contributed by atoms with Crippen LogP contribution in [0.4, 0.5) is 0 Å². The van der Waals surface area contributed by atoms with Crippen LogP contribution in [-0.4, -0.2) is 32.2 Å². The molecule has 0 rings (SSSR count). The summed E-state index contributed by atoms with van der Waals surface area (Å²) < 4.78 is 3.25. The van der Waals surface area contributed by atoms with E-state index in [-0.39, 0.29) is 21.1 Å². The van der Waals surface area contributed by atoms with E-state index >= 15 is 0 Å². The predicted molar refractivity (Wildman–Crippen MR) is 58.5 cm³/mol. The van der Waals surface area contributed by atoms with Crippen molar-refractivity contribution in [1.82, 2.24) is 0 Å². The maximum atomic E-state index is 9.00. The second-order valence-corrected chi connectivity index (χ2v) is 7.26. The van der Waals surface area contributed by atoms with Crippen LogP contribution >= 0.6 is 0 Å². The molecule has 0 fully saturated rings. The molecule has 0 aromatic rings. The van der Waals surface area contributed by atoms with Gasteiger partial charge in [-0.05, 0) is 0 Å². The molecule has 0 saturated carbocycles. The molecule has 0 unspecified atom stereocenters. The normalized spacial score (nSPS) is 8.85. The first-order valence-electron chi connectivity index (χ1n) is 5.05. The average Bonchev–Trinajstić information content (AvgIpc) is 2.03. The van der Waals surface area contributed by atoms with E-state index in [0.717, 1.165) is 6.92 Å². The summed E-state index contributed by atoms with van der Waals surface area (Å²) in [6, 6.07) is 0. The van der Waals surface area contributed by atoms with Gasteiger partial charge in [0.1, 0.15) is 0 Å². The molecule has 1 N–H and O–H groups in total. The van der Waals surface area contributed by atoms with Gasteiger partial charge in [0.2, 0.25) is 0 Å². The summed E-state index contributed by atoms with van der Waals surface area (Å²) >= 11 is 0.149. The van der Waals surface area contributed by atoms with Crippen molar-refractivity contribution in [3.8, 4) is 0 Å². The molecule has 3 heteroatoms. The van der Waals surface area contributed by atoms with Gasteiger partial charge >= 0.3 is 69.5 Å². The van der Waals surface area contributed by atoms with Gasteiger partial charge in [-0.25, -0.2) is 0 Å². The van der Waals surface area contributed by atoms with Crippen molar-refractivity contribution in [3.05, 3.63) is 0 Å². The monoisotopic (exact) mass is 294 g/mol. The van der Waals surface area contributed by atoms with E-state index in [1.807, 2.05) is 0 Å². The number of unbranched alkanes of at least 4 members (excludes halogenated alkanes) is 2. The van der Waals surface area contributed by atoms with Crippen LogP contribution < -0.4 is 0 Å². The molecule has 0 aromatic heterocycles. The minimum atomic E-state index is -0.833. The van der Waals surface area contributed by atoms with Crippen LogP contribution in [0.15, 0.2) is 0 Å². The third-order valence-electron chi connectivity index (χ3n) is 1.41. The van der Waals surface area contributed by atoms with Gasteiger partial charge in [-0.3, -0.25) is 4.79 Å². The maximum absolute atomic E-state index is 9.00. The van der Waals surface area contributed by atoms with Gasteiger partial charge in [0.15, 0.2) is 0 Å². The zero-order chi connectivity index (χ0) is 10.5. The van der Waals surface area contributed by atoms with Crippen LogP contribution in [0, 0.1) is 0 Å². The Bertz CT molecular complexity index is 95.1. The molecule has 0 saturated heterocycles. The standard InChI is InChI=1S/2C4H9.C2H4O2.Sn/c2*1-3-4-2;1-2(3)4;/h2*1,3-4H2,2H3;1H3,(H,3,4);. The number of carbonyl (C=O) groups is 1. The molecule has 0 amide bonds. The molecule has 0 aromatic carbocycles. The van der Waals surface area contributed by atoms with Crippen LogP contribution in [0.2, 0.25) is 8.87 Å². The number of rotatable bonds is 6. The first-order chi connectivity index (χ1) is 6.15. The summed E-state index contributed by atoms with van der Waals surface area (Å²) in [4.78, 5) is 9.00. The Labute approximate surface area is 92.3 Å². The van der Waals surface area contributed by atoms with E-state index in [4.69, 9.17) is 9.90 Å². The fraction of sp³-hybridized carbons (Fsp3) is 0.900. The van der Waals surface area contributed by atoms with E-state index < -0.39 is 5.97 Å². The molecule has 2 nitrogen and oxygen atoms in total. The number of carboxylic acids is 1. The Morgan fingerprint density at radius 3 is 1.69 bits per heavy atom. The van der Waals surface area contributed by atoms with Crippen molar-refractivity contribution in [2.45, 2.75) is 55.3 Å². The number of hydrogen-bond donors (Lipinski definition) is 1. The van der Waals surface area contributed by atoms with E-state index in [2.05, 4.69) is 13.8 Å². The Balaban J connectivity index is 0. The molecule has 0 atom stereocenters. The molecule has 2 radical (unpaired) electrons. The first-order valence-corrected chi connectivity index (χ1v) is 9.09. The second-order valence-electron chi connectivity index (χ2n) is 2.98. The van der Waals surface area contributed by atoms with Gasteiger partial charge in [0.05, 0.1) is 0 Å². The van der Waals surface area contributed by atoms with E-state index in [1.54, 1.807) is 8.87 Å². The quantitative estimate of drug-likeness (QED) is 0.603. The topological polar surface area (TPSA) is 37.3 Å². The third-order valence-corrected chi connectivity index (χ3v) is 5.45. The number of carboxylic acid groups (broad SMARTS) is 1. The van der Waals surface area contributed by atoms with Crippen LogP contribution in [-0.2, 0) is 4.79 Å². The van der Waals surface area contributed by atoms with Crippen LogP contribution in [0.3, 0.4) is 0 Å². The van der Waals surface area contributed by atoms with Crippen molar-refractivity contribution in [2.24, 2.45) is 0 Å². The fourth-order valence-corrected chi connectivity index (χ4v) is 4.89. The first kappa shape index (κ1) is 15.7. The summed E-state index contributed by atoms with van der Waals surface area (Å²) in [5.41, 5.74) is 0. The van der Waals surface area contributed by atoms with Crippen molar-refractivity contribution < 1.29 is 9.90 Å². The molecular formula is C10H22O2Sn. The zero-order valence-electron chi connectivity index (χ0n) is 9.10. The van der Waals surface area contributed by atoms with Crippen LogP contribution in [0.25, 0.3) is 0 Å². The van der Waals surface area contributed by atoms with E-state index in [0.29, 0.717) is 0 Å². The van der Waals surface area contributed by atoms with Gasteiger partial charge in [-0.1, -0.05) is 0 Å². The van der Waals surface area contributed by atoms with Gasteiger partial charge in [0.25, 0.3) is 5.97 Å². The Kier molecular flexibility index (Phi) is 17.9. The summed E-state index contributed by atoms with van der Waals surface area (Å²) in [6.45, 7) is 5.67. The number of hydrogen-bond acceptors (Lipinski definition) is 1. The predicted octanol–water partition coefficient (Wildman–Crippen LogP) is 3.22. The summed E-state index contributed by atoms with van der Waals surface area (Å²) in [7, 11) is 0. The van der Waals surface area contributed by atoms with Gasteiger partial charge in [0, 0.05) is 6.92 Å². The molecule has 13 heavy (non-hydrogen) atoms. The van der Waals surface area contributed by atoms with Crippen molar-refractivity contribution in [2.75, 3.05) is 0 Å². The summed E-state index contributed by atoms with van der Waals surface area (Å²) in [5.74, 6) is -0.833. The zero-order valence-corrected chi connectivity index (χ0v) is 12.0. The molecule has 0 bridgehead atoms. The van der Waals surface area contributed by atoms with Crippen molar-refractivity contribution in [1.29, 1.82) is 0 Å². The second kappa shape index (κ2) is 14.8. The van der Waals surface area contributed by atoms with E-state index in [9.17, 15) is 0 Å². The minimum absolute atomic E-state index is 0.149. The molecule has 0 aliphatic rings. The summed E-state index contributed by atoms with van der Waals surface area (Å²) in [6.07, 6.45) is 5.84. The molecule has 0 aliphatic carbocycles. The average molecular weight is 293 g/mol. The van der Waals surface area contributed by atoms with Crippen LogP contribution in [0.1, 0.15) is 46.5 Å². The van der Waals surface area contributed by atoms with Gasteiger partial charge in [-0.2, -0.15) is 0 Å². The molecule has 0 heterocycles. The van der Waals surface area contributed by atoms with Gasteiger partial charge in [-0.15, -0.1) is 0 Å². The van der Waals surface area contributed by atoms with Crippen molar-refractivity contribution in [3.63, 3.8) is 0 Å². The Morgan fingerprint density at radius 2 is 1.46 bits per heavy atom. The van der Waals surface area contributed by atoms with Gasteiger partial charge < -0.3 is 5.11 Å². The Hall–Kier alpha value is 0.269. The molecular weight excluding hydrogens is 271 g/mol. The third kappa shape index (κ3) is 32.9. The number of aliphatic carboxylic acids is 1. The molecule has 78 valence electrons. The van der Waals surface area contributed by atoms with E-state index in [1.165, 1.54) is 25.7 Å². The molecule has 0 aliphatic heterocycles. The Morgan fingerprint density at radius 1 is 1.15 bits per heavy atom. The van der Waals surface area contributed by atoms with Crippen molar-refractivity contribution >= 4 is 27.1 Å². The summed E-state index contributed by atoms with van der Waals surface area (Å²) in [5, 5.41) is 7.42. The fourth-order valence-electron chi connectivity index (χ4n) is 0.729. The molecule has 0 spiro atoms. The van der Waals surface area contributed by atoms with Crippen LogP contribution in [0.5, 0.6) is 0 Å².